The summed E-state index contributed by atoms with van der Waals surface area (Å²) in [6.07, 6.45) is 5.37. The minimum absolute atomic E-state index is 0.127. The van der Waals surface area contributed by atoms with Crippen LogP contribution in [0.15, 0.2) is 24.3 Å². The van der Waals surface area contributed by atoms with E-state index in [4.69, 9.17) is 0 Å². The molecular weight excluding hydrogens is 276 g/mol. The van der Waals surface area contributed by atoms with Crippen LogP contribution in [-0.2, 0) is 4.79 Å². The summed E-state index contributed by atoms with van der Waals surface area (Å²) in [6, 6.07) is 7.92. The lowest BCUT2D eigenvalue weighted by Crippen LogP contribution is -2.41. The molecule has 1 saturated carbocycles. The number of aryl methyl sites for hydroxylation is 1. The van der Waals surface area contributed by atoms with Crippen molar-refractivity contribution in [2.75, 3.05) is 4.90 Å². The smallest absolute Gasteiger partial charge is 0.286 e. The van der Waals surface area contributed by atoms with Gasteiger partial charge in [0.25, 0.3) is 5.78 Å². The molecule has 22 heavy (non-hydrogen) atoms. The van der Waals surface area contributed by atoms with Crippen molar-refractivity contribution in [2.45, 2.75) is 45.1 Å². The monoisotopic (exact) mass is 294 g/mol. The van der Waals surface area contributed by atoms with Crippen molar-refractivity contribution in [3.63, 3.8) is 0 Å². The molecule has 4 nitrogen and oxygen atoms in total. The summed E-state index contributed by atoms with van der Waals surface area (Å²) >= 11 is 0. The van der Waals surface area contributed by atoms with Gasteiger partial charge in [-0.05, 0) is 38.0 Å². The Balaban J connectivity index is 1.86. The number of pyridine rings is 1. The number of amides is 1. The van der Waals surface area contributed by atoms with Gasteiger partial charge >= 0.3 is 5.91 Å². The third-order valence-corrected chi connectivity index (χ3v) is 4.78. The number of Topliss-reactive ketones (excluding diaryl/α,β-unsaturated/α-hetero) is 1. The first-order chi connectivity index (χ1) is 10.6. The Kier molecular flexibility index (Phi) is 2.99. The van der Waals surface area contributed by atoms with Crippen LogP contribution in [0.25, 0.3) is 10.9 Å². The van der Waals surface area contributed by atoms with Gasteiger partial charge in [-0.1, -0.05) is 30.9 Å². The molecule has 2 aliphatic rings. The zero-order valence-electron chi connectivity index (χ0n) is 12.6. The van der Waals surface area contributed by atoms with E-state index < -0.39 is 11.7 Å². The summed E-state index contributed by atoms with van der Waals surface area (Å²) in [7, 11) is 0. The topological polar surface area (TPSA) is 50.3 Å². The highest BCUT2D eigenvalue weighted by Crippen LogP contribution is 2.35. The summed E-state index contributed by atoms with van der Waals surface area (Å²) in [4.78, 5) is 31.1. The molecule has 2 heterocycles. The molecule has 1 aromatic heterocycles. The van der Waals surface area contributed by atoms with Gasteiger partial charge < -0.3 is 0 Å². The molecule has 1 fully saturated rings. The number of fused-ring (bicyclic) bond motifs is 2. The maximum absolute atomic E-state index is 12.4. The number of nitrogens with zero attached hydrogens (tertiary/aromatic N) is 2. The minimum Gasteiger partial charge on any atom is -0.286 e. The molecule has 0 atom stereocenters. The average molecular weight is 294 g/mol. The normalized spacial score (nSPS) is 19.0. The van der Waals surface area contributed by atoms with E-state index in [1.165, 1.54) is 6.42 Å². The van der Waals surface area contributed by atoms with E-state index in [0.29, 0.717) is 11.4 Å². The van der Waals surface area contributed by atoms with Crippen LogP contribution in [0, 0.1) is 6.92 Å². The van der Waals surface area contributed by atoms with Crippen molar-refractivity contribution in [3.05, 3.63) is 35.4 Å². The van der Waals surface area contributed by atoms with E-state index >= 15 is 0 Å². The highest BCUT2D eigenvalue weighted by Gasteiger charge is 2.41. The Labute approximate surface area is 129 Å². The minimum atomic E-state index is -0.406. The van der Waals surface area contributed by atoms with Gasteiger partial charge in [-0.3, -0.25) is 14.5 Å². The third kappa shape index (κ3) is 1.94. The van der Waals surface area contributed by atoms with Gasteiger partial charge in [0.1, 0.15) is 5.82 Å². The Morgan fingerprint density at radius 1 is 1.09 bits per heavy atom. The molecule has 0 saturated heterocycles. The molecular formula is C18H18N2O2. The van der Waals surface area contributed by atoms with Crippen molar-refractivity contribution in [1.82, 2.24) is 4.98 Å². The standard InChI is InChI=1S/C18H18N2O2/c1-11-7-8-15-12(9-11)10-14-16(21)18(22)20(17(14)19-15)13-5-3-2-4-6-13/h7-10,13H,2-6H2,1H3. The SMILES string of the molecule is Cc1ccc2nc3c(cc2c1)C(=O)C(=O)N3C1CCCCC1. The number of carbonyl (C=O) groups excluding carboxylic acids is 2. The van der Waals surface area contributed by atoms with E-state index in [9.17, 15) is 9.59 Å². The van der Waals surface area contributed by atoms with Crippen LogP contribution in [0.2, 0.25) is 0 Å². The van der Waals surface area contributed by atoms with Gasteiger partial charge in [-0.25, -0.2) is 4.98 Å². The number of benzene rings is 1. The van der Waals surface area contributed by atoms with Gasteiger partial charge in [0.05, 0.1) is 11.1 Å². The largest absolute Gasteiger partial charge is 0.300 e. The second-order valence-electron chi connectivity index (χ2n) is 6.35. The second-order valence-corrected chi connectivity index (χ2v) is 6.35. The quantitative estimate of drug-likeness (QED) is 0.757. The fourth-order valence-corrected chi connectivity index (χ4v) is 3.64. The fraction of sp³-hybridized carbons (Fsp3) is 0.389. The lowest BCUT2D eigenvalue weighted by atomic mass is 9.94. The highest BCUT2D eigenvalue weighted by atomic mass is 16.2. The number of hydrogen-bond donors (Lipinski definition) is 0. The molecule has 2 aromatic rings. The van der Waals surface area contributed by atoms with Crippen molar-refractivity contribution >= 4 is 28.4 Å². The van der Waals surface area contributed by atoms with Gasteiger partial charge in [0, 0.05) is 11.4 Å². The first kappa shape index (κ1) is 13.4. The van der Waals surface area contributed by atoms with Gasteiger partial charge in [0.15, 0.2) is 0 Å². The van der Waals surface area contributed by atoms with E-state index in [1.807, 2.05) is 31.2 Å². The summed E-state index contributed by atoms with van der Waals surface area (Å²) in [5, 5.41) is 0.922. The molecule has 0 spiro atoms. The van der Waals surface area contributed by atoms with Crippen LogP contribution in [-0.4, -0.2) is 22.7 Å². The van der Waals surface area contributed by atoms with Gasteiger partial charge in [0.2, 0.25) is 0 Å². The van der Waals surface area contributed by atoms with Crippen LogP contribution in [0.4, 0.5) is 5.82 Å². The molecule has 0 radical (unpaired) electrons. The van der Waals surface area contributed by atoms with Gasteiger partial charge in [-0.2, -0.15) is 0 Å². The molecule has 0 N–H and O–H groups in total. The second kappa shape index (κ2) is 4.90. The van der Waals surface area contributed by atoms with E-state index in [0.717, 1.165) is 42.1 Å². The molecule has 0 unspecified atom stereocenters. The Hall–Kier alpha value is -2.23. The van der Waals surface area contributed by atoms with Crippen molar-refractivity contribution in [1.29, 1.82) is 0 Å². The number of hydrogen-bond acceptors (Lipinski definition) is 3. The fourth-order valence-electron chi connectivity index (χ4n) is 3.64. The van der Waals surface area contributed by atoms with Crippen molar-refractivity contribution in [2.24, 2.45) is 0 Å². The molecule has 1 aliphatic carbocycles. The van der Waals surface area contributed by atoms with Crippen molar-refractivity contribution < 1.29 is 9.59 Å². The zero-order chi connectivity index (χ0) is 15.3. The maximum Gasteiger partial charge on any atom is 0.300 e. The summed E-state index contributed by atoms with van der Waals surface area (Å²) < 4.78 is 0. The van der Waals surface area contributed by atoms with E-state index in [-0.39, 0.29) is 6.04 Å². The molecule has 1 aromatic carbocycles. The molecule has 112 valence electrons. The van der Waals surface area contributed by atoms with E-state index in [2.05, 4.69) is 4.98 Å². The summed E-state index contributed by atoms with van der Waals surface area (Å²) in [5.74, 6) is -0.240. The Morgan fingerprint density at radius 2 is 1.86 bits per heavy atom. The first-order valence-electron chi connectivity index (χ1n) is 7.94. The van der Waals surface area contributed by atoms with Crippen LogP contribution < -0.4 is 4.90 Å². The first-order valence-corrected chi connectivity index (χ1v) is 7.94. The van der Waals surface area contributed by atoms with Crippen LogP contribution >= 0.6 is 0 Å². The van der Waals surface area contributed by atoms with Crippen LogP contribution in [0.1, 0.15) is 48.0 Å². The number of aromatic nitrogens is 1. The lowest BCUT2D eigenvalue weighted by Gasteiger charge is -2.30. The predicted molar refractivity (Wildman–Crippen MR) is 85.2 cm³/mol. The lowest BCUT2D eigenvalue weighted by molar-refractivity contribution is -0.114. The molecule has 0 bridgehead atoms. The number of anilines is 1. The number of ketones is 1. The third-order valence-electron chi connectivity index (χ3n) is 4.78. The molecule has 4 rings (SSSR count). The van der Waals surface area contributed by atoms with E-state index in [1.54, 1.807) is 4.90 Å². The van der Waals surface area contributed by atoms with Gasteiger partial charge in [-0.15, -0.1) is 0 Å². The molecule has 1 amide bonds. The Bertz CT molecular complexity index is 791. The zero-order valence-corrected chi connectivity index (χ0v) is 12.6. The number of carbonyl (C=O) groups is 2. The highest BCUT2D eigenvalue weighted by molar-refractivity contribution is 6.52. The number of rotatable bonds is 1. The van der Waals surface area contributed by atoms with Crippen LogP contribution in [0.5, 0.6) is 0 Å². The maximum atomic E-state index is 12.4. The predicted octanol–water partition coefficient (Wildman–Crippen LogP) is 3.41. The Morgan fingerprint density at radius 3 is 2.64 bits per heavy atom. The average Bonchev–Trinajstić information content (AvgIpc) is 2.77. The summed E-state index contributed by atoms with van der Waals surface area (Å²) in [5.41, 5.74) is 2.43. The van der Waals surface area contributed by atoms with Crippen LogP contribution in [0.3, 0.4) is 0 Å². The van der Waals surface area contributed by atoms with Crippen molar-refractivity contribution in [3.8, 4) is 0 Å². The molecule has 1 aliphatic heterocycles. The molecule has 4 heteroatoms. The summed E-state index contributed by atoms with van der Waals surface area (Å²) in [6.45, 7) is 2.01.